The van der Waals surface area contributed by atoms with Crippen molar-refractivity contribution in [3.8, 4) is 5.88 Å². The standard InChI is InChI=1S/C11H19N5O/c1-15-3-5-16(6-4-15)11-13-9(8-12)7-10(14-11)17-2/h7H,3-6,8,12H2,1-2H3. The molecule has 1 fully saturated rings. The van der Waals surface area contributed by atoms with Gasteiger partial charge >= 0.3 is 0 Å². The van der Waals surface area contributed by atoms with E-state index in [1.165, 1.54) is 0 Å². The van der Waals surface area contributed by atoms with Crippen LogP contribution in [0.5, 0.6) is 5.88 Å². The Balaban J connectivity index is 2.19. The van der Waals surface area contributed by atoms with E-state index in [1.807, 2.05) is 0 Å². The number of ether oxygens (including phenoxy) is 1. The summed E-state index contributed by atoms with van der Waals surface area (Å²) in [6, 6.07) is 1.78. The highest BCUT2D eigenvalue weighted by atomic mass is 16.5. The van der Waals surface area contributed by atoms with Gasteiger partial charge in [-0.2, -0.15) is 4.98 Å². The number of likely N-dealkylation sites (N-methyl/N-ethyl adjacent to an activating group) is 1. The molecule has 0 saturated carbocycles. The largest absolute Gasteiger partial charge is 0.481 e. The summed E-state index contributed by atoms with van der Waals surface area (Å²) in [5.41, 5.74) is 6.43. The number of piperazine rings is 1. The summed E-state index contributed by atoms with van der Waals surface area (Å²) in [6.45, 7) is 4.33. The Labute approximate surface area is 101 Å². The highest BCUT2D eigenvalue weighted by Gasteiger charge is 2.17. The molecule has 2 rings (SSSR count). The van der Waals surface area contributed by atoms with Gasteiger partial charge in [0.1, 0.15) is 0 Å². The van der Waals surface area contributed by atoms with Gasteiger partial charge in [0.2, 0.25) is 11.8 Å². The van der Waals surface area contributed by atoms with Gasteiger partial charge in [0.15, 0.2) is 0 Å². The van der Waals surface area contributed by atoms with Crippen molar-refractivity contribution in [2.45, 2.75) is 6.54 Å². The first-order valence-corrected chi connectivity index (χ1v) is 5.78. The van der Waals surface area contributed by atoms with Gasteiger partial charge < -0.3 is 20.3 Å². The SMILES string of the molecule is COc1cc(CN)nc(N2CCN(C)CC2)n1. The highest BCUT2D eigenvalue weighted by Crippen LogP contribution is 2.16. The molecule has 0 aromatic carbocycles. The molecule has 6 nitrogen and oxygen atoms in total. The predicted molar refractivity (Wildman–Crippen MR) is 66.2 cm³/mol. The maximum absolute atomic E-state index is 5.62. The number of aromatic nitrogens is 2. The number of rotatable bonds is 3. The number of anilines is 1. The second-order valence-corrected chi connectivity index (χ2v) is 4.20. The highest BCUT2D eigenvalue weighted by molar-refractivity contribution is 5.35. The van der Waals surface area contributed by atoms with Crippen LogP contribution in [0.2, 0.25) is 0 Å². The summed E-state index contributed by atoms with van der Waals surface area (Å²) in [4.78, 5) is 13.3. The fourth-order valence-electron chi connectivity index (χ4n) is 1.82. The minimum Gasteiger partial charge on any atom is -0.481 e. The molecule has 2 heterocycles. The van der Waals surface area contributed by atoms with Crippen molar-refractivity contribution >= 4 is 5.95 Å². The zero-order valence-electron chi connectivity index (χ0n) is 10.4. The Hall–Kier alpha value is -1.40. The van der Waals surface area contributed by atoms with Crippen molar-refractivity contribution in [1.29, 1.82) is 0 Å². The lowest BCUT2D eigenvalue weighted by Gasteiger charge is -2.32. The van der Waals surface area contributed by atoms with E-state index in [4.69, 9.17) is 10.5 Å². The first kappa shape index (κ1) is 12.1. The fourth-order valence-corrected chi connectivity index (χ4v) is 1.82. The van der Waals surface area contributed by atoms with Gasteiger partial charge in [-0.15, -0.1) is 0 Å². The third kappa shape index (κ3) is 2.83. The molecule has 0 amide bonds. The zero-order chi connectivity index (χ0) is 12.3. The smallest absolute Gasteiger partial charge is 0.229 e. The molecule has 1 aromatic heterocycles. The van der Waals surface area contributed by atoms with Crippen LogP contribution in [0.3, 0.4) is 0 Å². The van der Waals surface area contributed by atoms with Gasteiger partial charge in [0.05, 0.1) is 12.8 Å². The van der Waals surface area contributed by atoms with E-state index in [9.17, 15) is 0 Å². The third-order valence-electron chi connectivity index (χ3n) is 2.95. The second-order valence-electron chi connectivity index (χ2n) is 4.20. The maximum atomic E-state index is 5.62. The minimum absolute atomic E-state index is 0.402. The zero-order valence-corrected chi connectivity index (χ0v) is 10.4. The number of methoxy groups -OCH3 is 1. The van der Waals surface area contributed by atoms with E-state index >= 15 is 0 Å². The molecule has 2 N–H and O–H groups in total. The normalized spacial score (nSPS) is 17.2. The number of nitrogens with zero attached hydrogens (tertiary/aromatic N) is 4. The monoisotopic (exact) mass is 237 g/mol. The van der Waals surface area contributed by atoms with Crippen LogP contribution in [0, 0.1) is 0 Å². The molecule has 1 aliphatic heterocycles. The lowest BCUT2D eigenvalue weighted by atomic mass is 10.3. The molecule has 6 heteroatoms. The number of hydrogen-bond acceptors (Lipinski definition) is 6. The van der Waals surface area contributed by atoms with E-state index in [1.54, 1.807) is 13.2 Å². The Kier molecular flexibility index (Phi) is 3.75. The first-order chi connectivity index (χ1) is 8.22. The summed E-state index contributed by atoms with van der Waals surface area (Å²) in [6.07, 6.45) is 0. The Morgan fingerprint density at radius 2 is 2.00 bits per heavy atom. The molecule has 0 aliphatic carbocycles. The summed E-state index contributed by atoms with van der Waals surface area (Å²) in [5.74, 6) is 1.30. The Morgan fingerprint density at radius 3 is 2.59 bits per heavy atom. The van der Waals surface area contributed by atoms with E-state index in [-0.39, 0.29) is 0 Å². The van der Waals surface area contributed by atoms with E-state index < -0.39 is 0 Å². The van der Waals surface area contributed by atoms with Crippen LogP contribution in [0.25, 0.3) is 0 Å². The molecule has 1 saturated heterocycles. The van der Waals surface area contributed by atoms with Crippen molar-refractivity contribution in [2.24, 2.45) is 5.73 Å². The van der Waals surface area contributed by atoms with Crippen LogP contribution in [-0.4, -0.2) is 55.2 Å². The molecule has 0 bridgehead atoms. The lowest BCUT2D eigenvalue weighted by molar-refractivity contribution is 0.310. The van der Waals surface area contributed by atoms with Crippen LogP contribution >= 0.6 is 0 Å². The molecule has 17 heavy (non-hydrogen) atoms. The van der Waals surface area contributed by atoms with Crippen LogP contribution in [0.1, 0.15) is 5.69 Å². The predicted octanol–water partition coefficient (Wildman–Crippen LogP) is -0.304. The molecule has 94 valence electrons. The molecule has 0 atom stereocenters. The Bertz CT molecular complexity index is 354. The molecular formula is C11H19N5O. The summed E-state index contributed by atoms with van der Waals surface area (Å²) in [5, 5.41) is 0. The average Bonchev–Trinajstić information content (AvgIpc) is 2.39. The average molecular weight is 237 g/mol. The second kappa shape index (κ2) is 5.29. The van der Waals surface area contributed by atoms with Gasteiger partial charge in [0, 0.05) is 38.8 Å². The Morgan fingerprint density at radius 1 is 1.29 bits per heavy atom. The first-order valence-electron chi connectivity index (χ1n) is 5.78. The van der Waals surface area contributed by atoms with Crippen LogP contribution in [0.4, 0.5) is 5.95 Å². The van der Waals surface area contributed by atoms with Gasteiger partial charge in [-0.25, -0.2) is 4.98 Å². The lowest BCUT2D eigenvalue weighted by Crippen LogP contribution is -2.45. The summed E-state index contributed by atoms with van der Waals surface area (Å²) < 4.78 is 5.17. The molecule has 0 spiro atoms. The minimum atomic E-state index is 0.402. The molecule has 0 unspecified atom stereocenters. The van der Waals surface area contributed by atoms with Crippen molar-refractivity contribution in [1.82, 2.24) is 14.9 Å². The maximum Gasteiger partial charge on any atom is 0.229 e. The topological polar surface area (TPSA) is 67.5 Å². The molecular weight excluding hydrogens is 218 g/mol. The third-order valence-corrected chi connectivity index (χ3v) is 2.95. The van der Waals surface area contributed by atoms with Gasteiger partial charge in [-0.3, -0.25) is 0 Å². The van der Waals surface area contributed by atoms with Crippen molar-refractivity contribution in [2.75, 3.05) is 45.2 Å². The van der Waals surface area contributed by atoms with Gasteiger partial charge in [0.25, 0.3) is 0 Å². The van der Waals surface area contributed by atoms with Gasteiger partial charge in [-0.05, 0) is 7.05 Å². The number of nitrogens with two attached hydrogens (primary N) is 1. The van der Waals surface area contributed by atoms with Crippen molar-refractivity contribution in [3.63, 3.8) is 0 Å². The molecule has 1 aliphatic rings. The molecule has 1 aromatic rings. The van der Waals surface area contributed by atoms with Crippen LogP contribution in [-0.2, 0) is 6.54 Å². The number of hydrogen-bond donors (Lipinski definition) is 1. The van der Waals surface area contributed by atoms with Crippen LogP contribution < -0.4 is 15.4 Å². The summed E-state index contributed by atoms with van der Waals surface area (Å²) in [7, 11) is 3.73. The fraction of sp³-hybridized carbons (Fsp3) is 0.636. The van der Waals surface area contributed by atoms with E-state index in [0.717, 1.165) is 37.8 Å². The van der Waals surface area contributed by atoms with Crippen molar-refractivity contribution in [3.05, 3.63) is 11.8 Å². The van der Waals surface area contributed by atoms with Gasteiger partial charge in [-0.1, -0.05) is 0 Å². The van der Waals surface area contributed by atoms with Crippen molar-refractivity contribution < 1.29 is 4.74 Å². The van der Waals surface area contributed by atoms with Crippen LogP contribution in [0.15, 0.2) is 6.07 Å². The molecule has 0 radical (unpaired) electrons. The van der Waals surface area contributed by atoms with E-state index in [0.29, 0.717) is 12.4 Å². The summed E-state index contributed by atoms with van der Waals surface area (Å²) >= 11 is 0. The quantitative estimate of drug-likeness (QED) is 0.778. The van der Waals surface area contributed by atoms with E-state index in [2.05, 4.69) is 26.8 Å².